The third-order valence-electron chi connectivity index (χ3n) is 0.741. The van der Waals surface area contributed by atoms with Crippen LogP contribution in [0.3, 0.4) is 0 Å². The maximum Gasteiger partial charge on any atom is 0.0944 e. The highest BCUT2D eigenvalue weighted by Gasteiger charge is 2.19. The van der Waals surface area contributed by atoms with E-state index in [-0.39, 0.29) is 0 Å². The van der Waals surface area contributed by atoms with Gasteiger partial charge in [-0.2, -0.15) is 7.82 Å². The summed E-state index contributed by atoms with van der Waals surface area (Å²) in [5.74, 6) is 0.667. The highest BCUT2D eigenvalue weighted by atomic mass is 35.5. The highest BCUT2D eigenvalue weighted by molar-refractivity contribution is 7.40. The molecule has 0 amide bonds. The molecule has 0 aliphatic carbocycles. The van der Waals surface area contributed by atoms with Crippen LogP contribution in [0, 0.1) is 0 Å². The number of hydrogen-bond acceptors (Lipinski definition) is 6. The van der Waals surface area contributed by atoms with Gasteiger partial charge in [-0.05, 0) is 0 Å². The van der Waals surface area contributed by atoms with Gasteiger partial charge in [-0.1, -0.05) is 6.08 Å². The fraction of sp³-hybridized carbons (Fsp3) is 0.667. The van der Waals surface area contributed by atoms with Gasteiger partial charge in [-0.3, -0.25) is 0 Å². The average molecular weight is 245 g/mol. The van der Waals surface area contributed by atoms with Gasteiger partial charge in [0.1, 0.15) is 0 Å². The summed E-state index contributed by atoms with van der Waals surface area (Å²) >= 11 is 5.27. The molecule has 2 N–H and O–H groups in total. The van der Waals surface area contributed by atoms with Crippen molar-refractivity contribution in [3.8, 4) is 0 Å². The zero-order chi connectivity index (χ0) is 11.6. The minimum absolute atomic E-state index is 0.400. The van der Waals surface area contributed by atoms with Crippen molar-refractivity contribution in [3.05, 3.63) is 12.7 Å². The zero-order valence-electron chi connectivity index (χ0n) is 7.43. The Morgan fingerprint density at radius 3 is 1.93 bits per heavy atom. The lowest BCUT2D eigenvalue weighted by Gasteiger charge is -2.36. The molecule has 86 valence electrons. The Morgan fingerprint density at radius 2 is 1.93 bits per heavy atom. The maximum absolute atomic E-state index is 8.55. The first-order valence-corrected chi connectivity index (χ1v) is 5.56. The average Bonchev–Trinajstić information content (AvgIpc) is 2.84. The lowest BCUT2D eigenvalue weighted by molar-refractivity contribution is -0.432. The SMILES string of the molecule is C=CCN.ClCC1CO1.O=P([O-])([O-])[O-]. The van der Waals surface area contributed by atoms with E-state index in [4.69, 9.17) is 41.3 Å². The maximum atomic E-state index is 8.55. The summed E-state index contributed by atoms with van der Waals surface area (Å²) in [7, 11) is -5.39. The molecular formula is C6H12ClNO5P-3. The summed E-state index contributed by atoms with van der Waals surface area (Å²) < 4.78 is 13.3. The Morgan fingerprint density at radius 1 is 1.64 bits per heavy atom. The molecule has 0 saturated carbocycles. The molecule has 1 unspecified atom stereocenters. The van der Waals surface area contributed by atoms with E-state index in [0.717, 1.165) is 6.61 Å². The van der Waals surface area contributed by atoms with Gasteiger partial charge in [0.05, 0.1) is 18.6 Å². The van der Waals surface area contributed by atoms with Gasteiger partial charge in [0, 0.05) is 6.54 Å². The molecule has 0 radical (unpaired) electrons. The molecule has 6 nitrogen and oxygen atoms in total. The van der Waals surface area contributed by atoms with Crippen molar-refractivity contribution in [1.29, 1.82) is 0 Å². The van der Waals surface area contributed by atoms with Crippen LogP contribution < -0.4 is 20.4 Å². The number of nitrogens with two attached hydrogens (primary N) is 1. The van der Waals surface area contributed by atoms with Crippen molar-refractivity contribution in [2.45, 2.75) is 6.10 Å². The summed E-state index contributed by atoms with van der Waals surface area (Å²) in [6, 6.07) is 0. The Bertz CT molecular complexity index is 173. The van der Waals surface area contributed by atoms with E-state index in [1.165, 1.54) is 0 Å². The van der Waals surface area contributed by atoms with Gasteiger partial charge in [0.2, 0.25) is 0 Å². The van der Waals surface area contributed by atoms with Gasteiger partial charge in [0.15, 0.2) is 0 Å². The molecule has 0 bridgehead atoms. The second kappa shape index (κ2) is 9.61. The highest BCUT2D eigenvalue weighted by Crippen LogP contribution is 2.08. The van der Waals surface area contributed by atoms with Crippen LogP contribution in [0.1, 0.15) is 0 Å². The summed E-state index contributed by atoms with van der Waals surface area (Å²) in [4.78, 5) is 25.6. The Kier molecular flexibility index (Phi) is 11.3. The van der Waals surface area contributed by atoms with E-state index in [1.54, 1.807) is 6.08 Å². The van der Waals surface area contributed by atoms with Crippen LogP contribution in [-0.2, 0) is 9.30 Å². The van der Waals surface area contributed by atoms with E-state index in [0.29, 0.717) is 18.5 Å². The number of epoxide rings is 1. The number of phosphoric acid groups is 1. The molecule has 1 atom stereocenters. The quantitative estimate of drug-likeness (QED) is 0.257. The molecule has 1 fully saturated rings. The van der Waals surface area contributed by atoms with Crippen molar-refractivity contribution in [3.63, 3.8) is 0 Å². The normalized spacial score (nSPS) is 18.2. The fourth-order valence-corrected chi connectivity index (χ4v) is 0.335. The molecule has 14 heavy (non-hydrogen) atoms. The number of rotatable bonds is 2. The zero-order valence-corrected chi connectivity index (χ0v) is 9.08. The van der Waals surface area contributed by atoms with Gasteiger partial charge in [-0.15, -0.1) is 18.2 Å². The van der Waals surface area contributed by atoms with Crippen molar-refractivity contribution < 1.29 is 24.0 Å². The molecule has 1 aliphatic heterocycles. The van der Waals surface area contributed by atoms with Crippen LogP contribution in [0.25, 0.3) is 0 Å². The second-order valence-electron chi connectivity index (χ2n) is 2.08. The summed E-state index contributed by atoms with van der Waals surface area (Å²) in [6.07, 6.45) is 2.05. The van der Waals surface area contributed by atoms with E-state index >= 15 is 0 Å². The van der Waals surface area contributed by atoms with Crippen LogP contribution in [0.5, 0.6) is 0 Å². The van der Waals surface area contributed by atoms with Crippen molar-refractivity contribution in [2.75, 3.05) is 19.0 Å². The van der Waals surface area contributed by atoms with Gasteiger partial charge < -0.3 is 29.7 Å². The number of ether oxygens (including phenoxy) is 1. The molecule has 1 aliphatic rings. The minimum Gasteiger partial charge on any atom is -0.822 e. The molecule has 8 heteroatoms. The number of halogens is 1. The van der Waals surface area contributed by atoms with Gasteiger partial charge >= 0.3 is 0 Å². The molecule has 1 saturated heterocycles. The Hall–Kier alpha value is 0.0600. The topological polar surface area (TPSA) is 125 Å². The fourth-order valence-electron chi connectivity index (χ4n) is 0.157. The predicted molar refractivity (Wildman–Crippen MR) is 47.3 cm³/mol. The molecule has 0 aromatic heterocycles. The van der Waals surface area contributed by atoms with Crippen molar-refractivity contribution in [2.24, 2.45) is 5.73 Å². The molecule has 0 aromatic rings. The third kappa shape index (κ3) is 40.2. The van der Waals surface area contributed by atoms with Gasteiger partial charge in [-0.25, -0.2) is 0 Å². The minimum atomic E-state index is -5.39. The summed E-state index contributed by atoms with van der Waals surface area (Å²) in [5.41, 5.74) is 4.91. The number of hydrogen-bond donors (Lipinski definition) is 1. The lowest BCUT2D eigenvalue weighted by Crippen LogP contribution is -2.24. The summed E-state index contributed by atoms with van der Waals surface area (Å²) in [6.45, 7) is 4.82. The van der Waals surface area contributed by atoms with Crippen LogP contribution in [0.2, 0.25) is 0 Å². The van der Waals surface area contributed by atoms with Crippen LogP contribution in [0.4, 0.5) is 0 Å². The number of alkyl halides is 1. The van der Waals surface area contributed by atoms with E-state index in [2.05, 4.69) is 6.58 Å². The van der Waals surface area contributed by atoms with E-state index in [1.807, 2.05) is 0 Å². The first-order chi connectivity index (χ1) is 6.35. The Balaban J connectivity index is 0. The molecule has 1 rings (SSSR count). The largest absolute Gasteiger partial charge is 0.822 e. The second-order valence-corrected chi connectivity index (χ2v) is 3.28. The third-order valence-corrected chi connectivity index (χ3v) is 1.09. The van der Waals surface area contributed by atoms with Crippen LogP contribution in [0.15, 0.2) is 12.7 Å². The molecular weight excluding hydrogens is 232 g/mol. The first-order valence-electron chi connectivity index (χ1n) is 3.56. The van der Waals surface area contributed by atoms with Crippen molar-refractivity contribution >= 4 is 19.4 Å². The molecule has 0 aromatic carbocycles. The smallest absolute Gasteiger partial charge is 0.0944 e. The molecule has 0 spiro atoms. The molecule has 1 heterocycles. The van der Waals surface area contributed by atoms with Gasteiger partial charge in [0.25, 0.3) is 0 Å². The van der Waals surface area contributed by atoms with E-state index in [9.17, 15) is 0 Å². The monoisotopic (exact) mass is 244 g/mol. The predicted octanol–water partition coefficient (Wildman–Crippen LogP) is -2.07. The standard InChI is InChI=1S/C3H5ClO.C3H7N.H3O4P/c4-1-3-2-5-3;1-2-3-4;1-5(2,3)4/h3H,1-2H2;2H,1,3-4H2;(H3,1,2,3,4)/p-3. The lowest BCUT2D eigenvalue weighted by atomic mass is 10.6. The van der Waals surface area contributed by atoms with Crippen molar-refractivity contribution in [1.82, 2.24) is 0 Å². The first kappa shape index (κ1) is 16.5. The van der Waals surface area contributed by atoms with Crippen LogP contribution >= 0.6 is 19.4 Å². The van der Waals surface area contributed by atoms with Crippen LogP contribution in [-0.4, -0.2) is 25.1 Å². The van der Waals surface area contributed by atoms with E-state index < -0.39 is 7.82 Å². The summed E-state index contributed by atoms with van der Waals surface area (Å²) in [5, 5.41) is 0. The Labute approximate surface area is 87.6 Å².